The number of thioether (sulfide) groups is 1. The summed E-state index contributed by atoms with van der Waals surface area (Å²) in [5.74, 6) is -0.0203. The van der Waals surface area contributed by atoms with Crippen molar-refractivity contribution in [1.29, 1.82) is 0 Å². The number of carbonyl (C=O) groups is 1. The van der Waals surface area contributed by atoms with Crippen molar-refractivity contribution in [2.75, 3.05) is 5.75 Å². The van der Waals surface area contributed by atoms with E-state index in [9.17, 15) is 4.79 Å². The van der Waals surface area contributed by atoms with Crippen LogP contribution in [0.25, 0.3) is 0 Å². The Balaban J connectivity index is 3.74. The lowest BCUT2D eigenvalue weighted by Crippen LogP contribution is -2.32. The minimum atomic E-state index is -0.314. The van der Waals surface area contributed by atoms with E-state index in [1.807, 2.05) is 0 Å². The van der Waals surface area contributed by atoms with Crippen molar-refractivity contribution < 1.29 is 4.79 Å². The Bertz CT molecular complexity index is 194. The predicted octanol–water partition coefficient (Wildman–Crippen LogP) is 0.967. The van der Waals surface area contributed by atoms with Gasteiger partial charge in [-0.25, -0.2) is 0 Å². The van der Waals surface area contributed by atoms with Crippen molar-refractivity contribution >= 4 is 23.2 Å². The van der Waals surface area contributed by atoms with Crippen molar-refractivity contribution in [3.8, 4) is 0 Å². The first kappa shape index (κ1) is 13.4. The number of hydrogen-bond donors (Lipinski definition) is 2. The molecule has 82 valence electrons. The monoisotopic (exact) mass is 217 g/mol. The Morgan fingerprint density at radius 3 is 2.71 bits per heavy atom. The molecule has 3 N–H and O–H groups in total. The minimum Gasteiger partial charge on any atom is -0.369 e. The number of rotatable bonds is 7. The highest BCUT2D eigenvalue weighted by atomic mass is 32.2. The van der Waals surface area contributed by atoms with Crippen LogP contribution in [0.2, 0.25) is 0 Å². The first-order chi connectivity index (χ1) is 6.56. The second-order valence-electron chi connectivity index (χ2n) is 3.28. The molecule has 5 heteroatoms. The van der Waals surface area contributed by atoms with Gasteiger partial charge in [0.1, 0.15) is 0 Å². The van der Waals surface area contributed by atoms with E-state index < -0.39 is 0 Å². The van der Waals surface area contributed by atoms with E-state index in [1.54, 1.807) is 5.55 Å². The molecule has 0 aliphatic rings. The largest absolute Gasteiger partial charge is 0.369 e. The van der Waals surface area contributed by atoms with E-state index in [0.717, 1.165) is 6.42 Å². The van der Waals surface area contributed by atoms with Gasteiger partial charge >= 0.3 is 0 Å². The zero-order chi connectivity index (χ0) is 11.0. The van der Waals surface area contributed by atoms with Gasteiger partial charge < -0.3 is 5.73 Å². The van der Waals surface area contributed by atoms with Gasteiger partial charge in [-0.3, -0.25) is 15.1 Å². The molecule has 0 aromatic heterocycles. The molecule has 14 heavy (non-hydrogen) atoms. The van der Waals surface area contributed by atoms with Gasteiger partial charge in [0, 0.05) is 6.04 Å². The maximum Gasteiger partial charge on any atom is 0.227 e. The molecule has 4 nitrogen and oxygen atoms in total. The highest BCUT2D eigenvalue weighted by Gasteiger charge is 2.03. The zero-order valence-corrected chi connectivity index (χ0v) is 9.80. The Morgan fingerprint density at radius 2 is 2.29 bits per heavy atom. The third-order valence-corrected chi connectivity index (χ3v) is 2.18. The standard InChI is InChI=1S/C9H19N3OS/c1-4-9(12-7(2)3)11-6-14-5-8(10)13/h6-7,9,12H,4-5H2,1-3H3,(H2,10,13). The van der Waals surface area contributed by atoms with Crippen LogP contribution in [0.1, 0.15) is 27.2 Å². The quantitative estimate of drug-likeness (QED) is 0.493. The van der Waals surface area contributed by atoms with E-state index in [-0.39, 0.29) is 12.1 Å². The molecule has 0 spiro atoms. The molecule has 0 heterocycles. The Hall–Kier alpha value is -0.550. The second kappa shape index (κ2) is 7.82. The Morgan fingerprint density at radius 1 is 1.64 bits per heavy atom. The average molecular weight is 217 g/mol. The molecule has 0 fully saturated rings. The number of carbonyl (C=O) groups excluding carboxylic acids is 1. The smallest absolute Gasteiger partial charge is 0.227 e. The summed E-state index contributed by atoms with van der Waals surface area (Å²) in [6.07, 6.45) is 1.07. The fourth-order valence-electron chi connectivity index (χ4n) is 0.887. The molecule has 0 radical (unpaired) electrons. The fraction of sp³-hybridized carbons (Fsp3) is 0.778. The first-order valence-corrected chi connectivity index (χ1v) is 5.78. The van der Waals surface area contributed by atoms with E-state index in [0.29, 0.717) is 11.8 Å². The SMILES string of the molecule is CCC(N=CSCC(N)=O)NC(C)C. The van der Waals surface area contributed by atoms with Crippen LogP contribution in [0.4, 0.5) is 0 Å². The lowest BCUT2D eigenvalue weighted by molar-refractivity contribution is -0.115. The molecule has 0 aromatic carbocycles. The van der Waals surface area contributed by atoms with Crippen LogP contribution in [-0.4, -0.2) is 29.4 Å². The van der Waals surface area contributed by atoms with Crippen molar-refractivity contribution in [3.05, 3.63) is 0 Å². The molecule has 0 bridgehead atoms. The zero-order valence-electron chi connectivity index (χ0n) is 8.99. The minimum absolute atomic E-state index is 0.135. The van der Waals surface area contributed by atoms with Gasteiger partial charge in [0.2, 0.25) is 5.91 Å². The summed E-state index contributed by atoms with van der Waals surface area (Å²) >= 11 is 1.33. The first-order valence-electron chi connectivity index (χ1n) is 4.73. The molecule has 0 saturated carbocycles. The third kappa shape index (κ3) is 8.07. The van der Waals surface area contributed by atoms with Gasteiger partial charge in [0.05, 0.1) is 17.5 Å². The predicted molar refractivity (Wildman–Crippen MR) is 62.5 cm³/mol. The summed E-state index contributed by atoms with van der Waals surface area (Å²) in [5, 5.41) is 3.29. The van der Waals surface area contributed by atoms with Crippen LogP contribution in [0.5, 0.6) is 0 Å². The summed E-state index contributed by atoms with van der Waals surface area (Å²) in [7, 11) is 0. The Kier molecular flexibility index (Phi) is 7.51. The topological polar surface area (TPSA) is 67.5 Å². The van der Waals surface area contributed by atoms with Crippen LogP contribution in [0.15, 0.2) is 4.99 Å². The van der Waals surface area contributed by atoms with Crippen LogP contribution in [0.3, 0.4) is 0 Å². The number of amides is 1. The van der Waals surface area contributed by atoms with Crippen LogP contribution < -0.4 is 11.1 Å². The van der Waals surface area contributed by atoms with E-state index in [2.05, 4.69) is 31.1 Å². The molecule has 0 aliphatic heterocycles. The van der Waals surface area contributed by atoms with Gasteiger partial charge in [-0.15, -0.1) is 11.8 Å². The molecule has 0 aliphatic carbocycles. The third-order valence-electron chi connectivity index (χ3n) is 1.45. The summed E-state index contributed by atoms with van der Waals surface area (Å²) in [4.78, 5) is 14.7. The normalized spacial score (nSPS) is 13.7. The van der Waals surface area contributed by atoms with E-state index in [4.69, 9.17) is 5.73 Å². The lowest BCUT2D eigenvalue weighted by atomic mass is 10.3. The van der Waals surface area contributed by atoms with Gasteiger partial charge in [-0.2, -0.15) is 0 Å². The van der Waals surface area contributed by atoms with Gasteiger partial charge in [-0.1, -0.05) is 6.92 Å². The maximum atomic E-state index is 10.4. The molecular formula is C9H19N3OS. The van der Waals surface area contributed by atoms with Gasteiger partial charge in [0.15, 0.2) is 0 Å². The number of nitrogens with one attached hydrogen (secondary N) is 1. The molecule has 0 aromatic rings. The number of primary amides is 1. The fourth-order valence-corrected chi connectivity index (χ4v) is 1.36. The summed E-state index contributed by atoms with van der Waals surface area (Å²) in [6.45, 7) is 6.22. The maximum absolute atomic E-state index is 10.4. The van der Waals surface area contributed by atoms with Crippen molar-refractivity contribution in [1.82, 2.24) is 5.32 Å². The molecule has 1 atom stereocenters. The number of hydrogen-bond acceptors (Lipinski definition) is 4. The van der Waals surface area contributed by atoms with Crippen molar-refractivity contribution in [3.63, 3.8) is 0 Å². The average Bonchev–Trinajstić information content (AvgIpc) is 2.09. The van der Waals surface area contributed by atoms with Crippen LogP contribution in [-0.2, 0) is 4.79 Å². The van der Waals surface area contributed by atoms with Gasteiger partial charge in [-0.05, 0) is 20.3 Å². The molecule has 0 rings (SSSR count). The van der Waals surface area contributed by atoms with Crippen LogP contribution >= 0.6 is 11.8 Å². The Labute approximate surface area is 89.7 Å². The molecular weight excluding hydrogens is 198 g/mol. The highest BCUT2D eigenvalue weighted by Crippen LogP contribution is 1.99. The van der Waals surface area contributed by atoms with E-state index in [1.165, 1.54) is 11.8 Å². The molecule has 1 amide bonds. The second-order valence-corrected chi connectivity index (χ2v) is 4.11. The summed E-state index contributed by atoms with van der Waals surface area (Å²) in [5.41, 5.74) is 6.67. The summed E-state index contributed by atoms with van der Waals surface area (Å²) in [6, 6.07) is 0.415. The summed E-state index contributed by atoms with van der Waals surface area (Å²) < 4.78 is 0. The number of nitrogens with two attached hydrogens (primary N) is 1. The molecule has 1 unspecified atom stereocenters. The molecule has 0 saturated heterocycles. The van der Waals surface area contributed by atoms with Gasteiger partial charge in [0.25, 0.3) is 0 Å². The number of nitrogens with zero attached hydrogens (tertiary/aromatic N) is 1. The lowest BCUT2D eigenvalue weighted by Gasteiger charge is -2.14. The van der Waals surface area contributed by atoms with Crippen molar-refractivity contribution in [2.45, 2.75) is 39.4 Å². The van der Waals surface area contributed by atoms with Crippen molar-refractivity contribution in [2.24, 2.45) is 10.7 Å². The highest BCUT2D eigenvalue weighted by molar-refractivity contribution is 8.12. The van der Waals surface area contributed by atoms with Crippen LogP contribution in [0, 0.1) is 0 Å². The van der Waals surface area contributed by atoms with E-state index >= 15 is 0 Å². The number of aliphatic imine (C=N–C) groups is 1.